The maximum atomic E-state index is 10.4. The van der Waals surface area contributed by atoms with E-state index in [1.165, 1.54) is 6.08 Å². The first-order valence-electron chi connectivity index (χ1n) is 4.92. The SMILES string of the molecule is CCC1COC(C)CN1C=CC(=O)O. The molecular formula is C10H17NO3. The van der Waals surface area contributed by atoms with E-state index in [1.54, 1.807) is 6.20 Å². The number of hydrogen-bond acceptors (Lipinski definition) is 3. The second-order valence-electron chi connectivity index (χ2n) is 3.56. The summed E-state index contributed by atoms with van der Waals surface area (Å²) in [6, 6.07) is 0.307. The lowest BCUT2D eigenvalue weighted by Crippen LogP contribution is -2.45. The fraction of sp³-hybridized carbons (Fsp3) is 0.700. The van der Waals surface area contributed by atoms with E-state index in [2.05, 4.69) is 6.92 Å². The topological polar surface area (TPSA) is 49.8 Å². The van der Waals surface area contributed by atoms with Gasteiger partial charge < -0.3 is 14.7 Å². The molecule has 1 fully saturated rings. The molecule has 4 heteroatoms. The van der Waals surface area contributed by atoms with Gasteiger partial charge in [0.15, 0.2) is 0 Å². The molecule has 1 N–H and O–H groups in total. The first-order chi connectivity index (χ1) is 6.63. The Hall–Kier alpha value is -1.03. The van der Waals surface area contributed by atoms with E-state index >= 15 is 0 Å². The van der Waals surface area contributed by atoms with Crippen LogP contribution in [0.25, 0.3) is 0 Å². The average molecular weight is 199 g/mol. The molecule has 0 spiro atoms. The van der Waals surface area contributed by atoms with Gasteiger partial charge in [0.2, 0.25) is 0 Å². The molecule has 0 radical (unpaired) electrons. The molecule has 0 aromatic heterocycles. The van der Waals surface area contributed by atoms with E-state index in [0.717, 1.165) is 13.0 Å². The summed E-state index contributed by atoms with van der Waals surface area (Å²) in [5.74, 6) is -0.904. The Morgan fingerprint density at radius 2 is 2.43 bits per heavy atom. The predicted molar refractivity (Wildman–Crippen MR) is 53.0 cm³/mol. The Morgan fingerprint density at radius 1 is 1.71 bits per heavy atom. The minimum atomic E-state index is -0.904. The van der Waals surface area contributed by atoms with Gasteiger partial charge in [-0.15, -0.1) is 0 Å². The summed E-state index contributed by atoms with van der Waals surface area (Å²) >= 11 is 0. The largest absolute Gasteiger partial charge is 0.478 e. The Kier molecular flexibility index (Phi) is 3.95. The van der Waals surface area contributed by atoms with Crippen LogP contribution in [0, 0.1) is 0 Å². The Labute approximate surface area is 84.2 Å². The number of aliphatic carboxylic acids is 1. The van der Waals surface area contributed by atoms with Crippen molar-refractivity contribution in [2.75, 3.05) is 13.2 Å². The molecule has 1 saturated heterocycles. The standard InChI is InChI=1S/C10H17NO3/c1-3-9-7-14-8(2)6-11(9)5-4-10(12)13/h4-5,8-9H,3,6-7H2,1-2H3,(H,12,13). The van der Waals surface area contributed by atoms with E-state index < -0.39 is 5.97 Å². The van der Waals surface area contributed by atoms with Crippen LogP contribution >= 0.6 is 0 Å². The molecular weight excluding hydrogens is 182 g/mol. The number of hydrogen-bond donors (Lipinski definition) is 1. The van der Waals surface area contributed by atoms with E-state index in [-0.39, 0.29) is 6.10 Å². The Balaban J connectivity index is 2.57. The molecule has 0 amide bonds. The first-order valence-corrected chi connectivity index (χ1v) is 4.92. The number of carboxylic acids is 1. The van der Waals surface area contributed by atoms with Crippen LogP contribution < -0.4 is 0 Å². The van der Waals surface area contributed by atoms with Crippen molar-refractivity contribution in [2.45, 2.75) is 32.4 Å². The third-order valence-electron chi connectivity index (χ3n) is 2.39. The van der Waals surface area contributed by atoms with Gasteiger partial charge in [-0.2, -0.15) is 0 Å². The number of ether oxygens (including phenoxy) is 1. The maximum Gasteiger partial charge on any atom is 0.329 e. The minimum Gasteiger partial charge on any atom is -0.478 e. The van der Waals surface area contributed by atoms with E-state index in [0.29, 0.717) is 12.6 Å². The van der Waals surface area contributed by atoms with Crippen molar-refractivity contribution in [3.8, 4) is 0 Å². The molecule has 0 bridgehead atoms. The number of morpholine rings is 1. The fourth-order valence-corrected chi connectivity index (χ4v) is 1.56. The highest BCUT2D eigenvalue weighted by molar-refractivity contribution is 5.79. The smallest absolute Gasteiger partial charge is 0.329 e. The quantitative estimate of drug-likeness (QED) is 0.691. The summed E-state index contributed by atoms with van der Waals surface area (Å²) in [7, 11) is 0. The van der Waals surface area contributed by atoms with Gasteiger partial charge in [-0.25, -0.2) is 4.79 Å². The molecule has 0 aliphatic carbocycles. The molecule has 0 saturated carbocycles. The van der Waals surface area contributed by atoms with Gasteiger partial charge in [0.05, 0.1) is 18.8 Å². The number of carboxylic acid groups (broad SMARTS) is 1. The van der Waals surface area contributed by atoms with Crippen molar-refractivity contribution >= 4 is 5.97 Å². The summed E-state index contributed by atoms with van der Waals surface area (Å²) in [6.07, 6.45) is 3.98. The predicted octanol–water partition coefficient (Wildman–Crippen LogP) is 1.08. The molecule has 80 valence electrons. The van der Waals surface area contributed by atoms with Crippen molar-refractivity contribution < 1.29 is 14.6 Å². The third-order valence-corrected chi connectivity index (χ3v) is 2.39. The third kappa shape index (κ3) is 3.03. The van der Waals surface area contributed by atoms with Gasteiger partial charge in [-0.1, -0.05) is 6.92 Å². The summed E-state index contributed by atoms with van der Waals surface area (Å²) in [5, 5.41) is 8.52. The molecule has 14 heavy (non-hydrogen) atoms. The minimum absolute atomic E-state index is 0.177. The van der Waals surface area contributed by atoms with Gasteiger partial charge in [-0.3, -0.25) is 0 Å². The Morgan fingerprint density at radius 3 is 3.00 bits per heavy atom. The zero-order chi connectivity index (χ0) is 10.6. The molecule has 4 nitrogen and oxygen atoms in total. The van der Waals surface area contributed by atoms with Gasteiger partial charge in [0.1, 0.15) is 0 Å². The molecule has 0 aromatic rings. The van der Waals surface area contributed by atoms with E-state index in [4.69, 9.17) is 9.84 Å². The van der Waals surface area contributed by atoms with E-state index in [9.17, 15) is 4.79 Å². The van der Waals surface area contributed by atoms with Gasteiger partial charge >= 0.3 is 5.97 Å². The van der Waals surface area contributed by atoms with Crippen molar-refractivity contribution in [1.29, 1.82) is 0 Å². The Bertz CT molecular complexity index is 227. The molecule has 2 unspecified atom stereocenters. The molecule has 2 atom stereocenters. The molecule has 1 heterocycles. The summed E-state index contributed by atoms with van der Waals surface area (Å²) in [4.78, 5) is 12.4. The highest BCUT2D eigenvalue weighted by atomic mass is 16.5. The van der Waals surface area contributed by atoms with Crippen LogP contribution in [0.2, 0.25) is 0 Å². The van der Waals surface area contributed by atoms with Crippen LogP contribution in [0.1, 0.15) is 20.3 Å². The normalized spacial score (nSPS) is 28.3. The van der Waals surface area contributed by atoms with E-state index in [1.807, 2.05) is 11.8 Å². The van der Waals surface area contributed by atoms with Crippen molar-refractivity contribution in [2.24, 2.45) is 0 Å². The average Bonchev–Trinajstić information content (AvgIpc) is 2.15. The number of rotatable bonds is 3. The van der Waals surface area contributed by atoms with Gasteiger partial charge in [0, 0.05) is 18.8 Å². The van der Waals surface area contributed by atoms with Crippen molar-refractivity contribution in [1.82, 2.24) is 4.90 Å². The molecule has 1 rings (SSSR count). The van der Waals surface area contributed by atoms with Crippen LogP contribution in [-0.2, 0) is 9.53 Å². The molecule has 0 aromatic carbocycles. The fourth-order valence-electron chi connectivity index (χ4n) is 1.56. The summed E-state index contributed by atoms with van der Waals surface area (Å²) in [6.45, 7) is 5.52. The van der Waals surface area contributed by atoms with Crippen molar-refractivity contribution in [3.05, 3.63) is 12.3 Å². The van der Waals surface area contributed by atoms with Gasteiger partial charge in [0.25, 0.3) is 0 Å². The summed E-state index contributed by atoms with van der Waals surface area (Å²) in [5.41, 5.74) is 0. The summed E-state index contributed by atoms with van der Waals surface area (Å²) < 4.78 is 5.50. The van der Waals surface area contributed by atoms with Gasteiger partial charge in [-0.05, 0) is 13.3 Å². The lowest BCUT2D eigenvalue weighted by Gasteiger charge is -2.37. The second-order valence-corrected chi connectivity index (χ2v) is 3.56. The lowest BCUT2D eigenvalue weighted by atomic mass is 10.1. The van der Waals surface area contributed by atoms with Crippen LogP contribution in [0.3, 0.4) is 0 Å². The zero-order valence-corrected chi connectivity index (χ0v) is 8.64. The number of nitrogens with zero attached hydrogens (tertiary/aromatic N) is 1. The van der Waals surface area contributed by atoms with Crippen LogP contribution in [-0.4, -0.2) is 41.3 Å². The first kappa shape index (κ1) is 11.0. The second kappa shape index (κ2) is 5.00. The van der Waals surface area contributed by atoms with Crippen LogP contribution in [0.5, 0.6) is 0 Å². The van der Waals surface area contributed by atoms with Crippen molar-refractivity contribution in [3.63, 3.8) is 0 Å². The molecule has 1 aliphatic heterocycles. The lowest BCUT2D eigenvalue weighted by molar-refractivity contribution is -0.131. The molecule has 1 aliphatic rings. The monoisotopic (exact) mass is 199 g/mol. The highest BCUT2D eigenvalue weighted by Crippen LogP contribution is 2.14. The van der Waals surface area contributed by atoms with Crippen LogP contribution in [0.4, 0.5) is 0 Å². The van der Waals surface area contributed by atoms with Crippen LogP contribution in [0.15, 0.2) is 12.3 Å². The number of carbonyl (C=O) groups is 1. The highest BCUT2D eigenvalue weighted by Gasteiger charge is 2.22. The maximum absolute atomic E-state index is 10.4. The zero-order valence-electron chi connectivity index (χ0n) is 8.64.